The first-order valence-corrected chi connectivity index (χ1v) is 14.0. The number of hydrogen-bond acceptors (Lipinski definition) is 2. The van der Waals surface area contributed by atoms with Crippen molar-refractivity contribution in [3.63, 3.8) is 0 Å². The van der Waals surface area contributed by atoms with Crippen molar-refractivity contribution < 1.29 is 9.47 Å². The summed E-state index contributed by atoms with van der Waals surface area (Å²) in [5.41, 5.74) is 4.33. The lowest BCUT2D eigenvalue weighted by molar-refractivity contribution is 0.0797. The molecule has 0 aromatic heterocycles. The maximum Gasteiger partial charge on any atom is 0.123 e. The normalized spacial score (nSPS) is 26.7. The lowest BCUT2D eigenvalue weighted by Gasteiger charge is -2.31. The van der Waals surface area contributed by atoms with Crippen LogP contribution in [0.1, 0.15) is 115 Å². The van der Waals surface area contributed by atoms with Crippen LogP contribution >= 0.6 is 0 Å². The molecule has 0 aliphatic heterocycles. The zero-order valence-electron chi connectivity index (χ0n) is 23.0. The van der Waals surface area contributed by atoms with E-state index in [1.54, 1.807) is 0 Å². The standard InChI is InChI=1S/C28H38O2.2C2H6/c1-20-7-6-8-24(17-20)22-11-13-23(14-12-22)27-9-4-5-10-28(27)30-26-16-15-25(29-3)18-21(2)19-26;2*1-2/h4-10,17,21-23,25-26H,11-16,18-19H2,1-3H3;2*1-2H3. The van der Waals surface area contributed by atoms with E-state index in [4.69, 9.17) is 9.47 Å². The van der Waals surface area contributed by atoms with Gasteiger partial charge in [-0.3, -0.25) is 0 Å². The minimum absolute atomic E-state index is 0.310. The molecule has 0 N–H and O–H groups in total. The Hall–Kier alpha value is -1.80. The molecule has 2 heteroatoms. The van der Waals surface area contributed by atoms with Gasteiger partial charge >= 0.3 is 0 Å². The maximum atomic E-state index is 6.65. The topological polar surface area (TPSA) is 18.5 Å². The molecule has 0 spiro atoms. The van der Waals surface area contributed by atoms with E-state index in [2.05, 4.69) is 62.4 Å². The summed E-state index contributed by atoms with van der Waals surface area (Å²) in [5.74, 6) is 3.11. The Labute approximate surface area is 210 Å². The lowest BCUT2D eigenvalue weighted by atomic mass is 9.76. The third kappa shape index (κ3) is 8.15. The minimum atomic E-state index is 0.310. The van der Waals surface area contributed by atoms with Crippen molar-refractivity contribution in [2.24, 2.45) is 5.92 Å². The molecule has 0 radical (unpaired) electrons. The van der Waals surface area contributed by atoms with Gasteiger partial charge in [0.2, 0.25) is 0 Å². The Morgan fingerprint density at radius 2 is 1.32 bits per heavy atom. The first-order valence-electron chi connectivity index (χ1n) is 14.0. The fourth-order valence-electron chi connectivity index (χ4n) is 5.69. The summed E-state index contributed by atoms with van der Waals surface area (Å²) in [6, 6.07) is 17.9. The van der Waals surface area contributed by atoms with Gasteiger partial charge in [-0.25, -0.2) is 0 Å². The van der Waals surface area contributed by atoms with Gasteiger partial charge in [0.15, 0.2) is 0 Å². The van der Waals surface area contributed by atoms with Crippen molar-refractivity contribution in [2.75, 3.05) is 7.11 Å². The highest BCUT2D eigenvalue weighted by molar-refractivity contribution is 5.37. The maximum absolute atomic E-state index is 6.65. The van der Waals surface area contributed by atoms with E-state index >= 15 is 0 Å². The SMILES string of the molecule is CC.CC.COC1CCC(Oc2ccccc2C2CCC(c3cccc(C)c3)CC2)CC(C)C1. The highest BCUT2D eigenvalue weighted by Crippen LogP contribution is 2.43. The van der Waals surface area contributed by atoms with Gasteiger partial charge in [0, 0.05) is 7.11 Å². The Morgan fingerprint density at radius 3 is 2.00 bits per heavy atom. The van der Waals surface area contributed by atoms with Crippen molar-refractivity contribution in [1.82, 2.24) is 0 Å². The number of rotatable bonds is 5. The summed E-state index contributed by atoms with van der Waals surface area (Å²) < 4.78 is 12.3. The molecule has 2 aliphatic carbocycles. The molecule has 0 heterocycles. The number of aryl methyl sites for hydroxylation is 1. The Morgan fingerprint density at radius 1 is 0.706 bits per heavy atom. The smallest absolute Gasteiger partial charge is 0.123 e. The fourth-order valence-corrected chi connectivity index (χ4v) is 5.69. The van der Waals surface area contributed by atoms with E-state index in [1.807, 2.05) is 34.8 Å². The van der Waals surface area contributed by atoms with Gasteiger partial charge in [-0.05, 0) is 93.2 Å². The molecule has 2 fully saturated rings. The van der Waals surface area contributed by atoms with Gasteiger partial charge < -0.3 is 9.47 Å². The predicted octanol–water partition coefficient (Wildman–Crippen LogP) is 9.46. The number of methoxy groups -OCH3 is 1. The Bertz CT molecular complexity index is 806. The van der Waals surface area contributed by atoms with Crippen molar-refractivity contribution in [1.29, 1.82) is 0 Å². The van der Waals surface area contributed by atoms with Gasteiger partial charge in [-0.1, -0.05) is 82.6 Å². The average Bonchev–Trinajstić information content (AvgIpc) is 3.07. The van der Waals surface area contributed by atoms with Crippen LogP contribution in [0.4, 0.5) is 0 Å². The molecule has 2 aromatic rings. The van der Waals surface area contributed by atoms with Crippen LogP contribution in [-0.4, -0.2) is 19.3 Å². The van der Waals surface area contributed by atoms with Gasteiger partial charge in [0.05, 0.1) is 12.2 Å². The van der Waals surface area contributed by atoms with Crippen molar-refractivity contribution in [2.45, 2.75) is 117 Å². The van der Waals surface area contributed by atoms with Crippen LogP contribution in [0.3, 0.4) is 0 Å². The predicted molar refractivity (Wildman–Crippen MR) is 147 cm³/mol. The van der Waals surface area contributed by atoms with Crippen LogP contribution in [0.25, 0.3) is 0 Å². The van der Waals surface area contributed by atoms with Crippen molar-refractivity contribution in [3.05, 3.63) is 65.2 Å². The Balaban J connectivity index is 0.000000970. The number of para-hydroxylation sites is 1. The monoisotopic (exact) mass is 466 g/mol. The van der Waals surface area contributed by atoms with E-state index < -0.39 is 0 Å². The zero-order valence-corrected chi connectivity index (χ0v) is 23.0. The first-order chi connectivity index (χ1) is 16.6. The number of benzene rings is 2. The molecular formula is C32H50O2. The molecule has 3 atom stereocenters. The van der Waals surface area contributed by atoms with Gasteiger partial charge in [0.25, 0.3) is 0 Å². The molecule has 34 heavy (non-hydrogen) atoms. The molecule has 2 saturated carbocycles. The third-order valence-corrected chi connectivity index (χ3v) is 7.37. The highest BCUT2D eigenvalue weighted by atomic mass is 16.5. The third-order valence-electron chi connectivity index (χ3n) is 7.37. The van der Waals surface area contributed by atoms with Crippen LogP contribution in [0.15, 0.2) is 48.5 Å². The van der Waals surface area contributed by atoms with E-state index in [1.165, 1.54) is 42.4 Å². The van der Waals surface area contributed by atoms with E-state index in [-0.39, 0.29) is 0 Å². The molecule has 3 unspecified atom stereocenters. The summed E-state index contributed by atoms with van der Waals surface area (Å²) in [6.45, 7) is 12.5. The average molecular weight is 467 g/mol. The van der Waals surface area contributed by atoms with Crippen molar-refractivity contribution >= 4 is 0 Å². The molecule has 190 valence electrons. The lowest BCUT2D eigenvalue weighted by Crippen LogP contribution is -2.20. The molecular weight excluding hydrogens is 416 g/mol. The minimum Gasteiger partial charge on any atom is -0.490 e. The van der Waals surface area contributed by atoms with Crippen LogP contribution in [0.2, 0.25) is 0 Å². The van der Waals surface area contributed by atoms with Crippen LogP contribution in [0, 0.1) is 12.8 Å². The van der Waals surface area contributed by atoms with Crippen LogP contribution in [-0.2, 0) is 4.74 Å². The fraction of sp³-hybridized carbons (Fsp3) is 0.625. The van der Waals surface area contributed by atoms with E-state index in [0.29, 0.717) is 30.0 Å². The van der Waals surface area contributed by atoms with Crippen LogP contribution in [0.5, 0.6) is 5.75 Å². The quantitative estimate of drug-likeness (QED) is 0.408. The summed E-state index contributed by atoms with van der Waals surface area (Å²) in [6.07, 6.45) is 10.3. The molecule has 2 aromatic carbocycles. The second-order valence-electron chi connectivity index (χ2n) is 9.75. The van der Waals surface area contributed by atoms with Crippen molar-refractivity contribution in [3.8, 4) is 5.75 Å². The summed E-state index contributed by atoms with van der Waals surface area (Å²) >= 11 is 0. The van der Waals surface area contributed by atoms with Gasteiger partial charge in [0.1, 0.15) is 5.75 Å². The second-order valence-corrected chi connectivity index (χ2v) is 9.75. The molecule has 0 amide bonds. The zero-order chi connectivity index (χ0) is 24.9. The summed E-state index contributed by atoms with van der Waals surface area (Å²) in [7, 11) is 1.85. The molecule has 2 nitrogen and oxygen atoms in total. The molecule has 2 aliphatic rings. The van der Waals surface area contributed by atoms with Gasteiger partial charge in [-0.2, -0.15) is 0 Å². The second kappa shape index (κ2) is 15.2. The highest BCUT2D eigenvalue weighted by Gasteiger charge is 2.28. The Kier molecular flexibility index (Phi) is 12.8. The largest absolute Gasteiger partial charge is 0.490 e. The number of ether oxygens (including phenoxy) is 2. The van der Waals surface area contributed by atoms with Gasteiger partial charge in [-0.15, -0.1) is 0 Å². The molecule has 0 saturated heterocycles. The van der Waals surface area contributed by atoms with E-state index in [0.717, 1.165) is 31.4 Å². The van der Waals surface area contributed by atoms with E-state index in [9.17, 15) is 0 Å². The molecule has 4 rings (SSSR count). The summed E-state index contributed by atoms with van der Waals surface area (Å²) in [4.78, 5) is 0. The molecule has 0 bridgehead atoms. The van der Waals surface area contributed by atoms with Crippen LogP contribution < -0.4 is 4.74 Å². The summed E-state index contributed by atoms with van der Waals surface area (Å²) in [5, 5.41) is 0. The first kappa shape index (κ1) is 28.4. The number of hydrogen-bond donors (Lipinski definition) is 0.